The van der Waals surface area contributed by atoms with E-state index in [4.69, 9.17) is 23.7 Å². The molecule has 0 spiro atoms. The Kier molecular flexibility index (Phi) is 13.9. The molecule has 3 amide bonds. The Morgan fingerprint density at radius 2 is 1.03 bits per heavy atom. The zero-order chi connectivity index (χ0) is 42.4. The van der Waals surface area contributed by atoms with E-state index in [1.807, 2.05) is 121 Å². The number of rotatable bonds is 14. The number of amides is 3. The summed E-state index contributed by atoms with van der Waals surface area (Å²) in [5, 5.41) is 19.7. The largest absolute Gasteiger partial charge is 0.482 e. The van der Waals surface area contributed by atoms with Gasteiger partial charge in [-0.3, -0.25) is 4.79 Å². The Balaban J connectivity index is 1.12. The number of aliphatic hydroxyl groups excluding tert-OH is 1. The summed E-state index contributed by atoms with van der Waals surface area (Å²) < 4.78 is 29.1. The number of nitrogens with one attached hydrogen (secondary N) is 3. The highest BCUT2D eigenvalue weighted by Gasteiger charge is 2.34. The summed E-state index contributed by atoms with van der Waals surface area (Å²) in [5.41, 5.74) is 4.21. The van der Waals surface area contributed by atoms with Crippen LogP contribution in [-0.2, 0) is 37.3 Å². The number of hydrogen-bond donors (Lipinski definition) is 4. The van der Waals surface area contributed by atoms with Gasteiger partial charge in [-0.05, 0) is 46.4 Å². The Labute approximate surface area is 352 Å². The van der Waals surface area contributed by atoms with Crippen LogP contribution in [0.5, 0.6) is 28.7 Å². The lowest BCUT2D eigenvalue weighted by Gasteiger charge is -2.32. The highest BCUT2D eigenvalue weighted by molar-refractivity contribution is 5.76. The van der Waals surface area contributed by atoms with Gasteiger partial charge < -0.3 is 44.7 Å². The van der Waals surface area contributed by atoms with Crippen molar-refractivity contribution in [2.24, 2.45) is 0 Å². The molecule has 2 atom stereocenters. The fourth-order valence-corrected chi connectivity index (χ4v) is 6.53. The van der Waals surface area contributed by atoms with Crippen LogP contribution in [-0.4, -0.2) is 35.5 Å². The van der Waals surface area contributed by atoms with Crippen LogP contribution in [0.1, 0.15) is 45.9 Å². The molecular weight excluding hydrogens is 779 g/mol. The first kappa shape index (κ1) is 41.5. The first-order valence-electron chi connectivity index (χ1n) is 19.6. The molecule has 6 aromatic rings. The maximum Gasteiger partial charge on any atom is 0.413 e. The van der Waals surface area contributed by atoms with Gasteiger partial charge in [-0.25, -0.2) is 14.4 Å². The molecule has 1 aliphatic rings. The summed E-state index contributed by atoms with van der Waals surface area (Å²) in [6.45, 7) is 0.567. The quantitative estimate of drug-likeness (QED) is 0.0622. The maximum absolute atomic E-state index is 13.1. The van der Waals surface area contributed by atoms with Crippen LogP contribution in [0.4, 0.5) is 14.4 Å². The maximum atomic E-state index is 13.1. The number of hydrogen-bond acceptors (Lipinski definition) is 10. The van der Waals surface area contributed by atoms with Crippen LogP contribution < -0.4 is 39.6 Å². The minimum atomic E-state index is -1.21. The van der Waals surface area contributed by atoms with Crippen molar-refractivity contribution in [3.63, 3.8) is 0 Å². The molecule has 0 radical (unpaired) electrons. The third-order valence-corrected chi connectivity index (χ3v) is 9.59. The van der Waals surface area contributed by atoms with Gasteiger partial charge in [0, 0.05) is 50.2 Å². The minimum Gasteiger partial charge on any atom is -0.482 e. The van der Waals surface area contributed by atoms with Crippen LogP contribution in [0.15, 0.2) is 152 Å². The molecular formula is C48H43N3O10. The lowest BCUT2D eigenvalue weighted by molar-refractivity contribution is -0.134. The summed E-state index contributed by atoms with van der Waals surface area (Å²) >= 11 is 0. The fraction of sp³-hybridized carbons (Fsp3) is 0.167. The van der Waals surface area contributed by atoms with E-state index in [9.17, 15) is 24.3 Å². The molecule has 0 bridgehead atoms. The minimum absolute atomic E-state index is 0.00202. The predicted molar refractivity (Wildman–Crippen MR) is 224 cm³/mol. The first-order valence-corrected chi connectivity index (χ1v) is 19.6. The van der Waals surface area contributed by atoms with E-state index in [0.29, 0.717) is 17.5 Å². The van der Waals surface area contributed by atoms with Gasteiger partial charge in [0.15, 0.2) is 11.5 Å². The van der Waals surface area contributed by atoms with Gasteiger partial charge >= 0.3 is 24.2 Å². The molecule has 6 aromatic carbocycles. The van der Waals surface area contributed by atoms with E-state index in [-0.39, 0.29) is 61.2 Å². The second kappa shape index (κ2) is 20.4. The standard InChI is InChI=1S/C48H43N3O10/c52-39-28-38-41(26-37(57-46(54)49-29-33-15-7-2-8-16-33)27-42(38)60-47(55)50-30-34-17-9-3-10-18-34)59-45(39)36-22-23-40(58-44(53)24-21-32-13-5-1-6-14-32)43(25-36)61-48(56)51-31-35-19-11-4-12-20-35/h1-20,22-23,25-27,39,45,52H,21,24,28-31H2,(H,49,54)(H,50,55)(H,51,56)/t39-,45-/m1/s1. The van der Waals surface area contributed by atoms with Gasteiger partial charge in [-0.15, -0.1) is 0 Å². The van der Waals surface area contributed by atoms with Gasteiger partial charge in [-0.1, -0.05) is 127 Å². The molecule has 0 aromatic heterocycles. The highest BCUT2D eigenvalue weighted by Crippen LogP contribution is 2.44. The molecule has 7 rings (SSSR count). The van der Waals surface area contributed by atoms with Crippen molar-refractivity contribution in [3.05, 3.63) is 185 Å². The topological polar surface area (TPSA) is 171 Å². The van der Waals surface area contributed by atoms with Crippen molar-refractivity contribution in [1.29, 1.82) is 0 Å². The molecule has 1 aliphatic heterocycles. The second-order valence-corrected chi connectivity index (χ2v) is 14.1. The Morgan fingerprint density at radius 1 is 0.541 bits per heavy atom. The van der Waals surface area contributed by atoms with Crippen LogP contribution in [0.25, 0.3) is 0 Å². The van der Waals surface area contributed by atoms with E-state index in [2.05, 4.69) is 16.0 Å². The molecule has 61 heavy (non-hydrogen) atoms. The predicted octanol–water partition coefficient (Wildman–Crippen LogP) is 8.13. The molecule has 0 aliphatic carbocycles. The second-order valence-electron chi connectivity index (χ2n) is 14.1. The first-order chi connectivity index (χ1) is 29.8. The van der Waals surface area contributed by atoms with E-state index in [1.165, 1.54) is 24.3 Å². The summed E-state index contributed by atoms with van der Waals surface area (Å²) in [6, 6.07) is 44.6. The average Bonchev–Trinajstić information content (AvgIpc) is 3.28. The monoisotopic (exact) mass is 821 g/mol. The third kappa shape index (κ3) is 12.0. The summed E-state index contributed by atoms with van der Waals surface area (Å²) in [6.07, 6.45) is -4.17. The van der Waals surface area contributed by atoms with Crippen molar-refractivity contribution in [2.45, 2.75) is 51.1 Å². The van der Waals surface area contributed by atoms with Gasteiger partial charge in [0.2, 0.25) is 0 Å². The van der Waals surface area contributed by atoms with E-state index in [1.54, 1.807) is 6.07 Å². The Bertz CT molecular complexity index is 2430. The van der Waals surface area contributed by atoms with Crippen molar-refractivity contribution < 1.29 is 48.0 Å². The van der Waals surface area contributed by atoms with Crippen LogP contribution in [0, 0.1) is 0 Å². The lowest BCUT2D eigenvalue weighted by atomic mass is 9.93. The van der Waals surface area contributed by atoms with E-state index in [0.717, 1.165) is 22.3 Å². The van der Waals surface area contributed by atoms with Crippen LogP contribution >= 0.6 is 0 Å². The van der Waals surface area contributed by atoms with E-state index < -0.39 is 36.5 Å². The molecule has 0 saturated heterocycles. The normalized spacial score (nSPS) is 14.0. The number of ether oxygens (including phenoxy) is 5. The average molecular weight is 822 g/mol. The molecule has 4 N–H and O–H groups in total. The molecule has 0 fully saturated rings. The van der Waals surface area contributed by atoms with Gasteiger partial charge in [0.25, 0.3) is 0 Å². The van der Waals surface area contributed by atoms with Crippen LogP contribution in [0.2, 0.25) is 0 Å². The van der Waals surface area contributed by atoms with Crippen molar-refractivity contribution in [2.75, 3.05) is 0 Å². The number of fused-ring (bicyclic) bond motifs is 1. The van der Waals surface area contributed by atoms with Crippen molar-refractivity contribution in [3.8, 4) is 28.7 Å². The molecule has 13 nitrogen and oxygen atoms in total. The molecule has 310 valence electrons. The SMILES string of the molecule is O=C(CCc1ccccc1)Oc1ccc([C@H]2Oc3cc(OC(=O)NCc4ccccc4)cc(OC(=O)NCc4ccccc4)c3C[C@H]2O)cc1OC(=O)NCc1ccccc1. The van der Waals surface area contributed by atoms with Crippen LogP contribution in [0.3, 0.4) is 0 Å². The van der Waals surface area contributed by atoms with Gasteiger partial charge in [0.05, 0.1) is 6.10 Å². The number of aliphatic hydroxyl groups is 1. The zero-order valence-corrected chi connectivity index (χ0v) is 33.0. The highest BCUT2D eigenvalue weighted by atomic mass is 16.6. The number of carbonyl (C=O) groups is 4. The summed E-state index contributed by atoms with van der Waals surface area (Å²) in [4.78, 5) is 52.1. The van der Waals surface area contributed by atoms with Gasteiger partial charge in [-0.2, -0.15) is 0 Å². The van der Waals surface area contributed by atoms with Crippen molar-refractivity contribution in [1.82, 2.24) is 16.0 Å². The lowest BCUT2D eigenvalue weighted by Crippen LogP contribution is -2.32. The molecule has 13 heteroatoms. The Hall–Kier alpha value is -7.64. The smallest absolute Gasteiger partial charge is 0.413 e. The Morgan fingerprint density at radius 3 is 1.57 bits per heavy atom. The fourth-order valence-electron chi connectivity index (χ4n) is 6.53. The van der Waals surface area contributed by atoms with E-state index >= 15 is 0 Å². The number of esters is 1. The number of carbonyl (C=O) groups excluding carboxylic acids is 4. The number of benzene rings is 6. The van der Waals surface area contributed by atoms with Gasteiger partial charge in [0.1, 0.15) is 23.4 Å². The molecule has 1 heterocycles. The summed E-state index contributed by atoms with van der Waals surface area (Å²) in [7, 11) is 0. The summed E-state index contributed by atoms with van der Waals surface area (Å²) in [5.74, 6) is -0.491. The third-order valence-electron chi connectivity index (χ3n) is 9.59. The molecule has 0 unspecified atom stereocenters. The van der Waals surface area contributed by atoms with Crippen molar-refractivity contribution >= 4 is 24.2 Å². The number of aryl methyl sites for hydroxylation is 1. The molecule has 0 saturated carbocycles. The zero-order valence-electron chi connectivity index (χ0n) is 33.0.